The van der Waals surface area contributed by atoms with Gasteiger partial charge in [-0.1, -0.05) is 0 Å². The first kappa shape index (κ1) is 14.9. The fraction of sp³-hybridized carbons (Fsp3) is 0. The van der Waals surface area contributed by atoms with Crippen molar-refractivity contribution in [3.8, 4) is 0 Å². The number of aromatic carboxylic acids is 4. The molecular weight excluding hydrogens is 298 g/mol. The van der Waals surface area contributed by atoms with Crippen molar-refractivity contribution in [1.82, 2.24) is 4.98 Å². The minimum atomic E-state index is -1.76. The Hall–Kier alpha value is -3.49. The van der Waals surface area contributed by atoms with Crippen LogP contribution in [0.2, 0.25) is 0 Å². The summed E-state index contributed by atoms with van der Waals surface area (Å²) in [4.78, 5) is 48.6. The Morgan fingerprint density at radius 3 is 1.77 bits per heavy atom. The maximum atomic E-state index is 11.4. The largest absolute Gasteiger partial charge is 0.478 e. The van der Waals surface area contributed by atoms with E-state index in [1.54, 1.807) is 0 Å². The SMILES string of the molecule is O=C(O)c1cc2c(C(=O)O)ccnc2c(C(=O)O)c1C(=O)O. The number of aromatic nitrogens is 1. The molecule has 112 valence electrons. The average molecular weight is 305 g/mol. The number of benzene rings is 1. The van der Waals surface area contributed by atoms with E-state index in [1.807, 2.05) is 0 Å². The molecule has 0 saturated carbocycles. The van der Waals surface area contributed by atoms with E-state index in [0.29, 0.717) is 0 Å². The fourth-order valence-corrected chi connectivity index (χ4v) is 2.07. The highest BCUT2D eigenvalue weighted by Gasteiger charge is 2.29. The Bertz CT molecular complexity index is 855. The zero-order chi connectivity index (χ0) is 16.6. The average Bonchev–Trinajstić information content (AvgIpc) is 2.43. The second kappa shape index (κ2) is 5.13. The lowest BCUT2D eigenvalue weighted by Crippen LogP contribution is -2.16. The first-order valence-corrected chi connectivity index (χ1v) is 5.64. The van der Waals surface area contributed by atoms with Crippen molar-refractivity contribution in [2.45, 2.75) is 0 Å². The van der Waals surface area contributed by atoms with Gasteiger partial charge in [-0.2, -0.15) is 0 Å². The van der Waals surface area contributed by atoms with Gasteiger partial charge in [-0.05, 0) is 12.1 Å². The van der Waals surface area contributed by atoms with Crippen molar-refractivity contribution in [3.05, 3.63) is 40.6 Å². The van der Waals surface area contributed by atoms with Crippen LogP contribution >= 0.6 is 0 Å². The van der Waals surface area contributed by atoms with Crippen LogP contribution < -0.4 is 0 Å². The Kier molecular flexibility index (Phi) is 3.47. The standard InChI is InChI=1S/C13H7NO8/c15-10(16)4-1-2-14-9-5(4)3-6(11(17)18)7(12(19)20)8(9)13(21)22/h1-3H,(H,15,16)(H,17,18)(H,19,20)(H,21,22). The fourth-order valence-electron chi connectivity index (χ4n) is 2.07. The summed E-state index contributed by atoms with van der Waals surface area (Å²) in [6.45, 7) is 0. The van der Waals surface area contributed by atoms with Crippen LogP contribution in [-0.4, -0.2) is 49.3 Å². The maximum absolute atomic E-state index is 11.4. The molecule has 9 nitrogen and oxygen atoms in total. The lowest BCUT2D eigenvalue weighted by molar-refractivity contribution is 0.0634. The normalized spacial score (nSPS) is 10.4. The van der Waals surface area contributed by atoms with E-state index in [9.17, 15) is 24.3 Å². The van der Waals surface area contributed by atoms with E-state index < -0.39 is 46.1 Å². The summed E-state index contributed by atoms with van der Waals surface area (Å²) < 4.78 is 0. The number of hydrogen-bond donors (Lipinski definition) is 4. The number of pyridine rings is 1. The summed E-state index contributed by atoms with van der Waals surface area (Å²) in [6.07, 6.45) is 1.00. The van der Waals surface area contributed by atoms with Gasteiger partial charge in [-0.15, -0.1) is 0 Å². The highest BCUT2D eigenvalue weighted by molar-refractivity contribution is 6.18. The summed E-state index contributed by atoms with van der Waals surface area (Å²) >= 11 is 0. The van der Waals surface area contributed by atoms with Crippen LogP contribution in [0.3, 0.4) is 0 Å². The summed E-state index contributed by atoms with van der Waals surface area (Å²) in [5.41, 5.74) is -3.44. The Morgan fingerprint density at radius 1 is 0.773 bits per heavy atom. The van der Waals surface area contributed by atoms with Crippen LogP contribution in [-0.2, 0) is 0 Å². The third-order valence-corrected chi connectivity index (χ3v) is 2.92. The molecule has 1 aromatic heterocycles. The molecule has 0 spiro atoms. The van der Waals surface area contributed by atoms with Crippen molar-refractivity contribution < 1.29 is 39.6 Å². The molecule has 2 aromatic rings. The number of rotatable bonds is 4. The van der Waals surface area contributed by atoms with Gasteiger partial charge in [0.1, 0.15) is 5.56 Å². The summed E-state index contributed by atoms with van der Waals surface area (Å²) in [5.74, 6) is -6.61. The summed E-state index contributed by atoms with van der Waals surface area (Å²) in [5, 5.41) is 36.2. The van der Waals surface area contributed by atoms with E-state index >= 15 is 0 Å². The molecule has 0 bridgehead atoms. The molecule has 2 rings (SSSR count). The minimum absolute atomic E-state index is 0.269. The first-order valence-electron chi connectivity index (χ1n) is 5.64. The van der Waals surface area contributed by atoms with E-state index in [0.717, 1.165) is 18.3 Å². The highest BCUT2D eigenvalue weighted by Crippen LogP contribution is 2.27. The molecule has 1 heterocycles. The lowest BCUT2D eigenvalue weighted by atomic mass is 9.94. The molecule has 0 fully saturated rings. The van der Waals surface area contributed by atoms with Crippen molar-refractivity contribution in [1.29, 1.82) is 0 Å². The zero-order valence-corrected chi connectivity index (χ0v) is 10.6. The van der Waals surface area contributed by atoms with E-state index in [1.165, 1.54) is 0 Å². The number of nitrogens with zero attached hydrogens (tertiary/aromatic N) is 1. The number of hydrogen-bond acceptors (Lipinski definition) is 5. The molecule has 4 N–H and O–H groups in total. The van der Waals surface area contributed by atoms with Gasteiger partial charge < -0.3 is 20.4 Å². The number of carbonyl (C=O) groups is 4. The van der Waals surface area contributed by atoms with E-state index in [4.69, 9.17) is 15.3 Å². The first-order chi connectivity index (χ1) is 10.3. The van der Waals surface area contributed by atoms with Gasteiger partial charge in [0.25, 0.3) is 0 Å². The van der Waals surface area contributed by atoms with Crippen molar-refractivity contribution in [2.75, 3.05) is 0 Å². The lowest BCUT2D eigenvalue weighted by Gasteiger charge is -2.11. The third kappa shape index (κ3) is 2.20. The Balaban J connectivity index is 3.13. The monoisotopic (exact) mass is 305 g/mol. The number of fused-ring (bicyclic) bond motifs is 1. The second-order valence-corrected chi connectivity index (χ2v) is 4.15. The second-order valence-electron chi connectivity index (χ2n) is 4.15. The molecule has 22 heavy (non-hydrogen) atoms. The molecule has 0 atom stereocenters. The van der Waals surface area contributed by atoms with Crippen LogP contribution in [0.15, 0.2) is 18.3 Å². The van der Waals surface area contributed by atoms with Crippen LogP contribution in [0.1, 0.15) is 41.4 Å². The molecule has 0 aliphatic carbocycles. The minimum Gasteiger partial charge on any atom is -0.478 e. The topological polar surface area (TPSA) is 162 Å². The smallest absolute Gasteiger partial charge is 0.338 e. The predicted molar refractivity (Wildman–Crippen MR) is 69.6 cm³/mol. The molecule has 9 heteroatoms. The predicted octanol–water partition coefficient (Wildman–Crippen LogP) is 1.03. The molecule has 0 amide bonds. The van der Waals surface area contributed by atoms with Crippen LogP contribution in [0.25, 0.3) is 10.9 Å². The van der Waals surface area contributed by atoms with E-state index in [2.05, 4.69) is 4.98 Å². The quantitative estimate of drug-likeness (QED) is 0.645. The van der Waals surface area contributed by atoms with Gasteiger partial charge in [0.05, 0.1) is 22.2 Å². The molecule has 0 radical (unpaired) electrons. The molecule has 1 aromatic carbocycles. The number of carboxylic acid groups (broad SMARTS) is 4. The van der Waals surface area contributed by atoms with Crippen molar-refractivity contribution in [3.63, 3.8) is 0 Å². The zero-order valence-electron chi connectivity index (χ0n) is 10.6. The summed E-state index contributed by atoms with van der Waals surface area (Å²) in [6, 6.07) is 1.85. The van der Waals surface area contributed by atoms with E-state index in [-0.39, 0.29) is 10.9 Å². The summed E-state index contributed by atoms with van der Waals surface area (Å²) in [7, 11) is 0. The van der Waals surface area contributed by atoms with Gasteiger partial charge in [-0.3, -0.25) is 4.98 Å². The molecule has 0 aliphatic heterocycles. The van der Waals surface area contributed by atoms with Crippen molar-refractivity contribution in [2.24, 2.45) is 0 Å². The number of carboxylic acids is 4. The molecule has 0 aliphatic rings. The van der Waals surface area contributed by atoms with Gasteiger partial charge >= 0.3 is 23.9 Å². The van der Waals surface area contributed by atoms with Crippen LogP contribution in [0.4, 0.5) is 0 Å². The van der Waals surface area contributed by atoms with Crippen molar-refractivity contribution >= 4 is 34.8 Å². The van der Waals surface area contributed by atoms with Gasteiger partial charge in [0.15, 0.2) is 0 Å². The Morgan fingerprint density at radius 2 is 1.32 bits per heavy atom. The third-order valence-electron chi connectivity index (χ3n) is 2.92. The van der Waals surface area contributed by atoms with Crippen LogP contribution in [0.5, 0.6) is 0 Å². The van der Waals surface area contributed by atoms with Gasteiger partial charge in [-0.25, -0.2) is 19.2 Å². The highest BCUT2D eigenvalue weighted by atomic mass is 16.4. The van der Waals surface area contributed by atoms with Gasteiger partial charge in [0.2, 0.25) is 0 Å². The van der Waals surface area contributed by atoms with Crippen LogP contribution in [0, 0.1) is 0 Å². The maximum Gasteiger partial charge on any atom is 0.338 e. The Labute approximate surface area is 121 Å². The molecule has 0 saturated heterocycles. The van der Waals surface area contributed by atoms with Gasteiger partial charge in [0, 0.05) is 11.6 Å². The molecular formula is C13H7NO8. The molecule has 0 unspecified atom stereocenters.